The zero-order chi connectivity index (χ0) is 24.9. The van der Waals surface area contributed by atoms with Crippen molar-refractivity contribution in [2.24, 2.45) is 0 Å². The van der Waals surface area contributed by atoms with Crippen LogP contribution in [0.1, 0.15) is 32.6 Å². The van der Waals surface area contributed by atoms with E-state index in [0.29, 0.717) is 11.8 Å². The Bertz CT molecular complexity index is 1170. The Morgan fingerprint density at radius 1 is 0.912 bits per heavy atom. The van der Waals surface area contributed by atoms with Crippen LogP contribution >= 0.6 is 0 Å². The molecule has 0 aliphatic heterocycles. The van der Waals surface area contributed by atoms with E-state index in [-0.39, 0.29) is 18.1 Å². The lowest BCUT2D eigenvalue weighted by Gasteiger charge is -2.18. The largest absolute Gasteiger partial charge is 0.493 e. The van der Waals surface area contributed by atoms with Gasteiger partial charge < -0.3 is 14.8 Å². The summed E-state index contributed by atoms with van der Waals surface area (Å²) in [6.07, 6.45) is -4.87. The lowest BCUT2D eigenvalue weighted by molar-refractivity contribution is -0.138. The molecule has 0 radical (unpaired) electrons. The van der Waals surface area contributed by atoms with E-state index in [2.05, 4.69) is 5.32 Å². The summed E-state index contributed by atoms with van der Waals surface area (Å²) in [5.41, 5.74) is 0.676. The lowest BCUT2D eigenvalue weighted by Crippen LogP contribution is -2.36. The molecular formula is C25H23F3N2O4. The average molecular weight is 472 g/mol. The number of imide groups is 1. The summed E-state index contributed by atoms with van der Waals surface area (Å²) >= 11 is 0. The van der Waals surface area contributed by atoms with E-state index in [9.17, 15) is 22.8 Å². The highest BCUT2D eigenvalue weighted by Crippen LogP contribution is 2.39. The SMILES string of the molecule is COc1cc(C(F)(F)F)c(C(=O)NC(=O)Nc2c(C)cccc2C)cc1OCc1ccccc1. The second kappa shape index (κ2) is 10.3. The van der Waals surface area contributed by atoms with E-state index < -0.39 is 29.2 Å². The van der Waals surface area contributed by atoms with Gasteiger partial charge in [-0.05, 0) is 42.7 Å². The fourth-order valence-electron chi connectivity index (χ4n) is 3.32. The number of benzene rings is 3. The summed E-state index contributed by atoms with van der Waals surface area (Å²) < 4.78 is 51.8. The van der Waals surface area contributed by atoms with Gasteiger partial charge in [-0.2, -0.15) is 13.2 Å². The van der Waals surface area contributed by atoms with Crippen molar-refractivity contribution in [1.29, 1.82) is 0 Å². The molecule has 3 aromatic rings. The summed E-state index contributed by atoms with van der Waals surface area (Å²) in [5, 5.41) is 4.48. The molecular weight excluding hydrogens is 449 g/mol. The highest BCUT2D eigenvalue weighted by atomic mass is 19.4. The number of methoxy groups -OCH3 is 1. The maximum absolute atomic E-state index is 13.7. The van der Waals surface area contributed by atoms with Crippen molar-refractivity contribution in [3.63, 3.8) is 0 Å². The summed E-state index contributed by atoms with van der Waals surface area (Å²) in [5.74, 6) is -1.50. The summed E-state index contributed by atoms with van der Waals surface area (Å²) in [7, 11) is 1.20. The van der Waals surface area contributed by atoms with Gasteiger partial charge in [-0.25, -0.2) is 4.79 Å². The third kappa shape index (κ3) is 5.86. The molecule has 0 atom stereocenters. The van der Waals surface area contributed by atoms with Crippen LogP contribution in [-0.4, -0.2) is 19.0 Å². The van der Waals surface area contributed by atoms with Crippen molar-refractivity contribution >= 4 is 17.6 Å². The zero-order valence-electron chi connectivity index (χ0n) is 18.7. The van der Waals surface area contributed by atoms with Crippen molar-refractivity contribution in [3.05, 3.63) is 88.5 Å². The normalized spacial score (nSPS) is 11.0. The molecule has 0 heterocycles. The van der Waals surface area contributed by atoms with E-state index in [1.165, 1.54) is 7.11 Å². The monoisotopic (exact) mass is 472 g/mol. The van der Waals surface area contributed by atoms with Gasteiger partial charge in [0.15, 0.2) is 11.5 Å². The van der Waals surface area contributed by atoms with Crippen molar-refractivity contribution in [2.45, 2.75) is 26.6 Å². The quantitative estimate of drug-likeness (QED) is 0.470. The van der Waals surface area contributed by atoms with Crippen LogP contribution in [0.15, 0.2) is 60.7 Å². The number of carbonyl (C=O) groups is 2. The standard InChI is InChI=1S/C25H23F3N2O4/c1-15-8-7-9-16(2)22(15)29-24(32)30-23(31)18-12-21(34-14-17-10-5-4-6-11-17)20(33-3)13-19(18)25(26,27)28/h4-13H,14H2,1-3H3,(H2,29,30,31,32). The van der Waals surface area contributed by atoms with Gasteiger partial charge in [-0.15, -0.1) is 0 Å². The summed E-state index contributed by atoms with van der Waals surface area (Å²) in [4.78, 5) is 25.1. The number of hydrogen-bond donors (Lipinski definition) is 2. The van der Waals surface area contributed by atoms with E-state index in [1.54, 1.807) is 56.3 Å². The molecule has 0 saturated heterocycles. The van der Waals surface area contributed by atoms with Gasteiger partial charge in [0, 0.05) is 5.69 Å². The van der Waals surface area contributed by atoms with E-state index in [4.69, 9.17) is 9.47 Å². The van der Waals surface area contributed by atoms with Crippen LogP contribution in [0.4, 0.5) is 23.7 Å². The second-order valence-corrected chi connectivity index (χ2v) is 7.50. The number of amides is 3. The number of halogens is 3. The average Bonchev–Trinajstić information content (AvgIpc) is 2.79. The smallest absolute Gasteiger partial charge is 0.417 e. The second-order valence-electron chi connectivity index (χ2n) is 7.50. The van der Waals surface area contributed by atoms with Crippen LogP contribution in [-0.2, 0) is 12.8 Å². The lowest BCUT2D eigenvalue weighted by atomic mass is 10.0. The molecule has 34 heavy (non-hydrogen) atoms. The molecule has 0 aromatic heterocycles. The Morgan fingerprint density at radius 3 is 2.15 bits per heavy atom. The third-order valence-corrected chi connectivity index (χ3v) is 5.04. The van der Waals surface area contributed by atoms with Crippen LogP contribution in [0.25, 0.3) is 0 Å². The van der Waals surface area contributed by atoms with Gasteiger partial charge in [0.1, 0.15) is 6.61 Å². The van der Waals surface area contributed by atoms with Gasteiger partial charge in [-0.3, -0.25) is 10.1 Å². The number of hydrogen-bond acceptors (Lipinski definition) is 4. The van der Waals surface area contributed by atoms with Crippen molar-refractivity contribution in [3.8, 4) is 11.5 Å². The van der Waals surface area contributed by atoms with Crippen LogP contribution in [0, 0.1) is 13.8 Å². The molecule has 0 fully saturated rings. The molecule has 9 heteroatoms. The topological polar surface area (TPSA) is 76.7 Å². The van der Waals surface area contributed by atoms with E-state index in [0.717, 1.165) is 22.8 Å². The van der Waals surface area contributed by atoms with Crippen molar-refractivity contribution in [1.82, 2.24) is 5.32 Å². The molecule has 3 aromatic carbocycles. The number of alkyl halides is 3. The van der Waals surface area contributed by atoms with Crippen LogP contribution in [0.5, 0.6) is 11.5 Å². The molecule has 0 aliphatic carbocycles. The summed E-state index contributed by atoms with van der Waals surface area (Å²) in [6, 6.07) is 14.9. The third-order valence-electron chi connectivity index (χ3n) is 5.04. The highest BCUT2D eigenvalue weighted by molar-refractivity contribution is 6.09. The first-order valence-electron chi connectivity index (χ1n) is 10.2. The van der Waals surface area contributed by atoms with Crippen LogP contribution < -0.4 is 20.1 Å². The van der Waals surface area contributed by atoms with Gasteiger partial charge in [0.2, 0.25) is 0 Å². The minimum atomic E-state index is -4.87. The Hall–Kier alpha value is -4.01. The zero-order valence-corrected chi connectivity index (χ0v) is 18.7. The Kier molecular flexibility index (Phi) is 7.45. The summed E-state index contributed by atoms with van der Waals surface area (Å²) in [6.45, 7) is 3.55. The molecule has 178 valence electrons. The van der Waals surface area contributed by atoms with E-state index in [1.807, 2.05) is 11.4 Å². The van der Waals surface area contributed by atoms with Crippen LogP contribution in [0.2, 0.25) is 0 Å². The number of carbonyl (C=O) groups excluding carboxylic acids is 2. The molecule has 2 N–H and O–H groups in total. The first-order chi connectivity index (χ1) is 16.1. The maximum atomic E-state index is 13.7. The maximum Gasteiger partial charge on any atom is 0.417 e. The number of anilines is 1. The number of urea groups is 1. The van der Waals surface area contributed by atoms with Gasteiger partial charge >= 0.3 is 12.2 Å². The molecule has 6 nitrogen and oxygen atoms in total. The molecule has 0 saturated carbocycles. The highest BCUT2D eigenvalue weighted by Gasteiger charge is 2.37. The molecule has 0 spiro atoms. The number of rotatable bonds is 6. The van der Waals surface area contributed by atoms with Crippen LogP contribution in [0.3, 0.4) is 0 Å². The molecule has 0 aliphatic rings. The van der Waals surface area contributed by atoms with Crippen molar-refractivity contribution in [2.75, 3.05) is 12.4 Å². The van der Waals surface area contributed by atoms with Gasteiger partial charge in [-0.1, -0.05) is 48.5 Å². The first-order valence-corrected chi connectivity index (χ1v) is 10.2. The Labute approximate surface area is 194 Å². The van der Waals surface area contributed by atoms with Gasteiger partial charge in [0.05, 0.1) is 18.2 Å². The predicted molar refractivity (Wildman–Crippen MR) is 121 cm³/mol. The minimum Gasteiger partial charge on any atom is -0.493 e. The van der Waals surface area contributed by atoms with E-state index >= 15 is 0 Å². The van der Waals surface area contributed by atoms with Gasteiger partial charge in [0.25, 0.3) is 5.91 Å². The number of para-hydroxylation sites is 1. The fraction of sp³-hybridized carbons (Fsp3) is 0.200. The number of aryl methyl sites for hydroxylation is 2. The molecule has 0 unspecified atom stereocenters. The Balaban J connectivity index is 1.89. The molecule has 3 amide bonds. The number of ether oxygens (including phenoxy) is 2. The minimum absolute atomic E-state index is 0.0384. The predicted octanol–water partition coefficient (Wildman–Crippen LogP) is 5.87. The molecule has 0 bridgehead atoms. The molecule has 3 rings (SSSR count). The Morgan fingerprint density at radius 2 is 1.56 bits per heavy atom. The fourth-order valence-corrected chi connectivity index (χ4v) is 3.32. The van der Waals surface area contributed by atoms with Crippen molar-refractivity contribution < 1.29 is 32.2 Å². The number of nitrogens with one attached hydrogen (secondary N) is 2. The first kappa shape index (κ1) is 24.6.